The highest BCUT2D eigenvalue weighted by Gasteiger charge is 2.34. The highest BCUT2D eigenvalue weighted by Crippen LogP contribution is 2.32. The Morgan fingerprint density at radius 3 is 2.59 bits per heavy atom. The van der Waals surface area contributed by atoms with E-state index in [1.54, 1.807) is 0 Å². The molecule has 100 valence electrons. The van der Waals surface area contributed by atoms with E-state index in [1.807, 2.05) is 0 Å². The van der Waals surface area contributed by atoms with Crippen molar-refractivity contribution < 1.29 is 0 Å². The molecule has 0 aromatic carbocycles. The Bertz CT molecular complexity index is 249. The molecule has 0 aliphatic carbocycles. The number of hydrogen-bond donors (Lipinski definition) is 0. The molecule has 2 aliphatic heterocycles. The Balaban J connectivity index is 1.89. The van der Waals surface area contributed by atoms with Crippen LogP contribution in [0, 0.1) is 11.8 Å². The van der Waals surface area contributed by atoms with Crippen LogP contribution in [0.25, 0.3) is 0 Å². The van der Waals surface area contributed by atoms with Crippen molar-refractivity contribution in [2.45, 2.75) is 52.0 Å². The van der Waals surface area contributed by atoms with Crippen molar-refractivity contribution >= 4 is 0 Å². The van der Waals surface area contributed by atoms with Crippen LogP contribution >= 0.6 is 0 Å². The van der Waals surface area contributed by atoms with Gasteiger partial charge in [0.05, 0.1) is 0 Å². The number of rotatable bonds is 2. The molecule has 0 bridgehead atoms. The van der Waals surface area contributed by atoms with Crippen LogP contribution in [0.4, 0.5) is 0 Å². The summed E-state index contributed by atoms with van der Waals surface area (Å²) in [6.07, 6.45) is 5.60. The third kappa shape index (κ3) is 3.45. The van der Waals surface area contributed by atoms with Gasteiger partial charge in [-0.25, -0.2) is 0 Å². The van der Waals surface area contributed by atoms with E-state index in [-0.39, 0.29) is 0 Å². The zero-order valence-corrected chi connectivity index (χ0v) is 12.2. The minimum Gasteiger partial charge on any atom is -0.306 e. The fourth-order valence-electron chi connectivity index (χ4n) is 3.84. The zero-order valence-electron chi connectivity index (χ0n) is 12.2. The Kier molecular flexibility index (Phi) is 4.14. The molecule has 2 rings (SSSR count). The predicted octanol–water partition coefficient (Wildman–Crippen LogP) is 2.84. The van der Waals surface area contributed by atoms with E-state index >= 15 is 0 Å². The molecule has 0 amide bonds. The van der Waals surface area contributed by atoms with Gasteiger partial charge in [-0.1, -0.05) is 6.92 Å². The molecule has 0 radical (unpaired) electrons. The lowest BCUT2D eigenvalue weighted by atomic mass is 9.82. The summed E-state index contributed by atoms with van der Waals surface area (Å²) in [5, 5.41) is 0. The molecule has 2 nitrogen and oxygen atoms in total. The topological polar surface area (TPSA) is 6.48 Å². The van der Waals surface area contributed by atoms with E-state index < -0.39 is 0 Å². The van der Waals surface area contributed by atoms with Gasteiger partial charge in [0.15, 0.2) is 0 Å². The Morgan fingerprint density at radius 2 is 1.94 bits per heavy atom. The average molecular weight is 238 g/mol. The van der Waals surface area contributed by atoms with E-state index in [4.69, 9.17) is 0 Å². The van der Waals surface area contributed by atoms with Crippen molar-refractivity contribution in [3.8, 4) is 0 Å². The molecule has 2 atom stereocenters. The summed E-state index contributed by atoms with van der Waals surface area (Å²) in [7, 11) is 2.27. The molecular formula is C15H30N2. The average Bonchev–Trinajstić information content (AvgIpc) is 2.21. The lowest BCUT2D eigenvalue weighted by Crippen LogP contribution is -2.52. The number of likely N-dealkylation sites (tertiary alicyclic amines) is 2. The Hall–Kier alpha value is -0.0800. The van der Waals surface area contributed by atoms with Crippen molar-refractivity contribution in [1.29, 1.82) is 0 Å². The van der Waals surface area contributed by atoms with Crippen molar-refractivity contribution in [1.82, 2.24) is 9.80 Å². The highest BCUT2D eigenvalue weighted by molar-refractivity contribution is 4.89. The SMILES string of the molecule is C[C@H]1CCN(C[C@@H]2CCCN(C)C2)C(C)(C)C1. The second kappa shape index (κ2) is 5.27. The third-order valence-corrected chi connectivity index (χ3v) is 4.80. The van der Waals surface area contributed by atoms with Crippen molar-refractivity contribution in [3.05, 3.63) is 0 Å². The van der Waals surface area contributed by atoms with Crippen LogP contribution in [0.2, 0.25) is 0 Å². The number of hydrogen-bond acceptors (Lipinski definition) is 2. The molecule has 0 unspecified atom stereocenters. The minimum atomic E-state index is 0.424. The van der Waals surface area contributed by atoms with E-state index in [0.717, 1.165) is 11.8 Å². The standard InChI is InChI=1S/C15H30N2/c1-13-7-9-17(15(2,3)10-13)12-14-6-5-8-16(4)11-14/h13-14H,5-12H2,1-4H3/t13-,14+/m0/s1. The molecule has 0 aromatic rings. The van der Waals surface area contributed by atoms with Crippen LogP contribution in [0.15, 0.2) is 0 Å². The maximum absolute atomic E-state index is 2.76. The number of nitrogens with zero attached hydrogens (tertiary/aromatic N) is 2. The Morgan fingerprint density at radius 1 is 1.18 bits per heavy atom. The molecule has 0 N–H and O–H groups in total. The van der Waals surface area contributed by atoms with Gasteiger partial charge in [-0.05, 0) is 71.5 Å². The summed E-state index contributed by atoms with van der Waals surface area (Å²) < 4.78 is 0. The quantitative estimate of drug-likeness (QED) is 0.730. The van der Waals surface area contributed by atoms with Gasteiger partial charge in [-0.3, -0.25) is 4.90 Å². The monoisotopic (exact) mass is 238 g/mol. The first-order chi connectivity index (χ1) is 7.97. The zero-order chi connectivity index (χ0) is 12.5. The van der Waals surface area contributed by atoms with Crippen LogP contribution in [0.5, 0.6) is 0 Å². The molecule has 17 heavy (non-hydrogen) atoms. The molecule has 2 saturated heterocycles. The van der Waals surface area contributed by atoms with Gasteiger partial charge in [-0.15, -0.1) is 0 Å². The molecule has 2 fully saturated rings. The normalized spacial score (nSPS) is 36.0. The van der Waals surface area contributed by atoms with Gasteiger partial charge in [0.2, 0.25) is 0 Å². The largest absolute Gasteiger partial charge is 0.306 e. The van der Waals surface area contributed by atoms with Gasteiger partial charge in [0, 0.05) is 18.6 Å². The van der Waals surface area contributed by atoms with E-state index in [1.165, 1.54) is 51.9 Å². The lowest BCUT2D eigenvalue weighted by molar-refractivity contribution is 0.0258. The first-order valence-corrected chi connectivity index (χ1v) is 7.41. The van der Waals surface area contributed by atoms with E-state index in [2.05, 4.69) is 37.6 Å². The summed E-state index contributed by atoms with van der Waals surface area (Å²) in [6, 6.07) is 0. The molecule has 0 saturated carbocycles. The molecule has 2 heterocycles. The second-order valence-electron chi connectivity index (χ2n) is 7.13. The Labute approximate surface area is 107 Å². The minimum absolute atomic E-state index is 0.424. The maximum atomic E-state index is 2.76. The fraction of sp³-hybridized carbons (Fsp3) is 1.00. The van der Waals surface area contributed by atoms with Crippen molar-refractivity contribution in [2.75, 3.05) is 33.2 Å². The van der Waals surface area contributed by atoms with E-state index in [0.29, 0.717) is 5.54 Å². The van der Waals surface area contributed by atoms with Gasteiger partial charge in [-0.2, -0.15) is 0 Å². The smallest absolute Gasteiger partial charge is 0.0155 e. The molecular weight excluding hydrogens is 208 g/mol. The van der Waals surface area contributed by atoms with Crippen LogP contribution in [-0.2, 0) is 0 Å². The van der Waals surface area contributed by atoms with Crippen molar-refractivity contribution in [3.63, 3.8) is 0 Å². The van der Waals surface area contributed by atoms with Gasteiger partial charge in [0.1, 0.15) is 0 Å². The van der Waals surface area contributed by atoms with E-state index in [9.17, 15) is 0 Å². The summed E-state index contributed by atoms with van der Waals surface area (Å²) in [5.74, 6) is 1.82. The molecule has 2 aliphatic rings. The summed E-state index contributed by atoms with van der Waals surface area (Å²) in [4.78, 5) is 5.27. The molecule has 0 aromatic heterocycles. The maximum Gasteiger partial charge on any atom is 0.0155 e. The highest BCUT2D eigenvalue weighted by atomic mass is 15.2. The van der Waals surface area contributed by atoms with Gasteiger partial charge >= 0.3 is 0 Å². The fourth-order valence-corrected chi connectivity index (χ4v) is 3.84. The molecule has 2 heteroatoms. The number of piperidine rings is 2. The summed E-state index contributed by atoms with van der Waals surface area (Å²) in [5.41, 5.74) is 0.424. The first kappa shape index (κ1) is 13.4. The van der Waals surface area contributed by atoms with Crippen molar-refractivity contribution in [2.24, 2.45) is 11.8 Å². The van der Waals surface area contributed by atoms with Crippen LogP contribution in [-0.4, -0.2) is 48.6 Å². The van der Waals surface area contributed by atoms with Crippen LogP contribution in [0.1, 0.15) is 46.5 Å². The van der Waals surface area contributed by atoms with Gasteiger partial charge < -0.3 is 4.90 Å². The second-order valence-corrected chi connectivity index (χ2v) is 7.13. The van der Waals surface area contributed by atoms with Gasteiger partial charge in [0.25, 0.3) is 0 Å². The third-order valence-electron chi connectivity index (χ3n) is 4.80. The predicted molar refractivity (Wildman–Crippen MR) is 74.3 cm³/mol. The first-order valence-electron chi connectivity index (χ1n) is 7.41. The van der Waals surface area contributed by atoms with Crippen LogP contribution < -0.4 is 0 Å². The summed E-state index contributed by atoms with van der Waals surface area (Å²) >= 11 is 0. The van der Waals surface area contributed by atoms with Crippen LogP contribution in [0.3, 0.4) is 0 Å². The lowest BCUT2D eigenvalue weighted by Gasteiger charge is -2.47. The summed E-state index contributed by atoms with van der Waals surface area (Å²) in [6.45, 7) is 12.5. The molecule has 0 spiro atoms.